The molecule has 7 nitrogen and oxygen atoms in total. The van der Waals surface area contributed by atoms with Crippen molar-refractivity contribution >= 4 is 11.5 Å². The van der Waals surface area contributed by atoms with E-state index in [0.717, 1.165) is 55.7 Å². The summed E-state index contributed by atoms with van der Waals surface area (Å²) in [7, 11) is 0. The summed E-state index contributed by atoms with van der Waals surface area (Å²) in [4.78, 5) is 14.0. The summed E-state index contributed by atoms with van der Waals surface area (Å²) < 4.78 is 1.83. The lowest BCUT2D eigenvalue weighted by Crippen LogP contribution is -2.51. The topological polar surface area (TPSA) is 62.1 Å². The Hall–Kier alpha value is -2.93. The molecule has 0 bridgehead atoms. The van der Waals surface area contributed by atoms with Gasteiger partial charge < -0.3 is 10.2 Å². The Balaban J connectivity index is 1.32. The van der Waals surface area contributed by atoms with Gasteiger partial charge in [0.2, 0.25) is 0 Å². The Morgan fingerprint density at radius 1 is 1.03 bits per heavy atom. The van der Waals surface area contributed by atoms with Crippen molar-refractivity contribution in [1.82, 2.24) is 24.6 Å². The fourth-order valence-electron chi connectivity index (χ4n) is 3.84. The van der Waals surface area contributed by atoms with Crippen LogP contribution in [0.15, 0.2) is 48.8 Å². The molecule has 152 valence electrons. The van der Waals surface area contributed by atoms with Crippen LogP contribution < -0.4 is 10.2 Å². The second-order valence-electron chi connectivity index (χ2n) is 7.69. The highest BCUT2D eigenvalue weighted by Crippen LogP contribution is 2.17. The van der Waals surface area contributed by atoms with Gasteiger partial charge >= 0.3 is 0 Å². The summed E-state index contributed by atoms with van der Waals surface area (Å²) in [6.07, 6.45) is 3.52. The average molecular weight is 392 g/mol. The molecular formula is C22H29N7. The lowest BCUT2D eigenvalue weighted by Gasteiger charge is -2.39. The van der Waals surface area contributed by atoms with E-state index in [-0.39, 0.29) is 0 Å². The summed E-state index contributed by atoms with van der Waals surface area (Å²) in [5.74, 6) is 1.52. The molecule has 4 rings (SSSR count). The highest BCUT2D eigenvalue weighted by molar-refractivity contribution is 5.46. The number of hydrogen-bond acceptors (Lipinski definition) is 6. The molecular weight excluding hydrogens is 362 g/mol. The quantitative estimate of drug-likeness (QED) is 0.697. The van der Waals surface area contributed by atoms with Crippen LogP contribution in [-0.2, 0) is 0 Å². The molecule has 1 N–H and O–H groups in total. The highest BCUT2D eigenvalue weighted by atomic mass is 15.3. The van der Waals surface area contributed by atoms with Gasteiger partial charge in [0.15, 0.2) is 5.82 Å². The van der Waals surface area contributed by atoms with E-state index in [4.69, 9.17) is 0 Å². The molecule has 0 amide bonds. The van der Waals surface area contributed by atoms with E-state index < -0.39 is 0 Å². The SMILES string of the molecule is Cc1cc(C)n(-c2cncc(NCC(C)N3CCN(c4ccccc4)CC3)n2)n1. The van der Waals surface area contributed by atoms with Gasteiger partial charge in [-0.25, -0.2) is 9.67 Å². The van der Waals surface area contributed by atoms with Crippen molar-refractivity contribution in [2.45, 2.75) is 26.8 Å². The number of piperazine rings is 1. The number of rotatable bonds is 6. The van der Waals surface area contributed by atoms with E-state index in [2.05, 4.69) is 67.4 Å². The molecule has 1 aliphatic rings. The van der Waals surface area contributed by atoms with Crippen LogP contribution in [0.2, 0.25) is 0 Å². The Bertz CT molecular complexity index is 929. The first-order valence-corrected chi connectivity index (χ1v) is 10.2. The van der Waals surface area contributed by atoms with E-state index in [9.17, 15) is 0 Å². The van der Waals surface area contributed by atoms with Gasteiger partial charge in [0, 0.05) is 50.1 Å². The van der Waals surface area contributed by atoms with Crippen molar-refractivity contribution in [3.63, 3.8) is 0 Å². The fourth-order valence-corrected chi connectivity index (χ4v) is 3.84. The Labute approximate surface area is 172 Å². The molecule has 1 aromatic carbocycles. The molecule has 2 aromatic heterocycles. The summed E-state index contributed by atoms with van der Waals surface area (Å²) in [5.41, 5.74) is 3.35. The summed E-state index contributed by atoms with van der Waals surface area (Å²) >= 11 is 0. The molecule has 0 saturated carbocycles. The number of nitrogens with zero attached hydrogens (tertiary/aromatic N) is 6. The Morgan fingerprint density at radius 3 is 2.48 bits per heavy atom. The van der Waals surface area contributed by atoms with E-state index in [1.165, 1.54) is 5.69 Å². The van der Waals surface area contributed by atoms with Gasteiger partial charge in [-0.05, 0) is 39.0 Å². The van der Waals surface area contributed by atoms with Crippen molar-refractivity contribution in [3.05, 3.63) is 60.2 Å². The van der Waals surface area contributed by atoms with Crippen LogP contribution in [0, 0.1) is 13.8 Å². The van der Waals surface area contributed by atoms with Gasteiger partial charge in [0.05, 0.1) is 18.1 Å². The predicted octanol–water partition coefficient (Wildman–Crippen LogP) is 2.90. The minimum Gasteiger partial charge on any atom is -0.369 e. The molecule has 0 spiro atoms. The number of aromatic nitrogens is 4. The van der Waals surface area contributed by atoms with Crippen LogP contribution in [0.5, 0.6) is 0 Å². The van der Waals surface area contributed by atoms with Crippen molar-refractivity contribution < 1.29 is 0 Å². The normalized spacial score (nSPS) is 16.0. The molecule has 0 radical (unpaired) electrons. The van der Waals surface area contributed by atoms with E-state index in [0.29, 0.717) is 6.04 Å². The number of para-hydroxylation sites is 1. The summed E-state index contributed by atoms with van der Waals surface area (Å²) in [6.45, 7) is 11.4. The number of anilines is 2. The predicted molar refractivity (Wildman–Crippen MR) is 117 cm³/mol. The maximum absolute atomic E-state index is 4.69. The van der Waals surface area contributed by atoms with Gasteiger partial charge in [-0.3, -0.25) is 9.88 Å². The standard InChI is InChI=1S/C22H29N7/c1-17-13-18(2)29(26-17)22-16-23-15-21(25-22)24-14-19(3)27-9-11-28(12-10-27)20-7-5-4-6-8-20/h4-8,13,15-16,19H,9-12,14H2,1-3H3,(H,24,25). The average Bonchev–Trinajstić information content (AvgIpc) is 3.11. The lowest BCUT2D eigenvalue weighted by molar-refractivity contribution is 0.204. The van der Waals surface area contributed by atoms with Gasteiger partial charge in [-0.1, -0.05) is 18.2 Å². The lowest BCUT2D eigenvalue weighted by atomic mass is 10.2. The van der Waals surface area contributed by atoms with Crippen LogP contribution in [0.25, 0.3) is 5.82 Å². The van der Waals surface area contributed by atoms with Gasteiger partial charge in [-0.15, -0.1) is 0 Å². The van der Waals surface area contributed by atoms with Crippen LogP contribution in [-0.4, -0.2) is 63.4 Å². The van der Waals surface area contributed by atoms with Crippen molar-refractivity contribution in [2.24, 2.45) is 0 Å². The largest absolute Gasteiger partial charge is 0.369 e. The van der Waals surface area contributed by atoms with E-state index >= 15 is 0 Å². The molecule has 1 unspecified atom stereocenters. The number of hydrogen-bond donors (Lipinski definition) is 1. The Kier molecular flexibility index (Phi) is 5.76. The Morgan fingerprint density at radius 2 is 1.79 bits per heavy atom. The first-order valence-electron chi connectivity index (χ1n) is 10.2. The monoisotopic (exact) mass is 391 g/mol. The maximum Gasteiger partial charge on any atom is 0.174 e. The number of nitrogens with one attached hydrogen (secondary N) is 1. The van der Waals surface area contributed by atoms with Gasteiger partial charge in [-0.2, -0.15) is 5.10 Å². The smallest absolute Gasteiger partial charge is 0.174 e. The second kappa shape index (κ2) is 8.61. The number of aryl methyl sites for hydroxylation is 2. The van der Waals surface area contributed by atoms with Crippen LogP contribution in [0.3, 0.4) is 0 Å². The summed E-state index contributed by atoms with van der Waals surface area (Å²) in [5, 5.41) is 7.95. The van der Waals surface area contributed by atoms with E-state index in [1.807, 2.05) is 24.6 Å². The molecule has 3 heterocycles. The van der Waals surface area contributed by atoms with Crippen molar-refractivity contribution in [2.75, 3.05) is 42.9 Å². The van der Waals surface area contributed by atoms with Gasteiger partial charge in [0.1, 0.15) is 5.82 Å². The van der Waals surface area contributed by atoms with Crippen molar-refractivity contribution in [3.8, 4) is 5.82 Å². The first kappa shape index (κ1) is 19.4. The minimum atomic E-state index is 0.423. The summed E-state index contributed by atoms with van der Waals surface area (Å²) in [6, 6.07) is 13.1. The third-order valence-electron chi connectivity index (χ3n) is 5.49. The zero-order valence-electron chi connectivity index (χ0n) is 17.4. The third-order valence-corrected chi connectivity index (χ3v) is 5.49. The van der Waals surface area contributed by atoms with Crippen LogP contribution >= 0.6 is 0 Å². The fraction of sp³-hybridized carbons (Fsp3) is 0.409. The zero-order valence-corrected chi connectivity index (χ0v) is 17.4. The first-order chi connectivity index (χ1) is 14.1. The molecule has 1 aliphatic heterocycles. The molecule has 7 heteroatoms. The van der Waals surface area contributed by atoms with Gasteiger partial charge in [0.25, 0.3) is 0 Å². The maximum atomic E-state index is 4.69. The van der Waals surface area contributed by atoms with Crippen molar-refractivity contribution in [1.29, 1.82) is 0 Å². The van der Waals surface area contributed by atoms with Crippen LogP contribution in [0.1, 0.15) is 18.3 Å². The molecule has 1 saturated heterocycles. The third kappa shape index (κ3) is 4.56. The van der Waals surface area contributed by atoms with Crippen LogP contribution in [0.4, 0.5) is 11.5 Å². The molecule has 1 fully saturated rings. The molecule has 1 atom stereocenters. The highest BCUT2D eigenvalue weighted by Gasteiger charge is 2.21. The minimum absolute atomic E-state index is 0.423. The zero-order chi connectivity index (χ0) is 20.2. The molecule has 0 aliphatic carbocycles. The molecule has 29 heavy (non-hydrogen) atoms. The second-order valence-corrected chi connectivity index (χ2v) is 7.69. The van der Waals surface area contributed by atoms with E-state index in [1.54, 1.807) is 12.4 Å². The molecule has 3 aromatic rings. The number of benzene rings is 1.